The van der Waals surface area contributed by atoms with Crippen LogP contribution in [-0.4, -0.2) is 38.8 Å². The third-order valence-corrected chi connectivity index (χ3v) is 5.09. The zero-order valence-corrected chi connectivity index (χ0v) is 14.1. The highest BCUT2D eigenvalue weighted by atomic mass is 32.1. The number of anilines is 1. The normalized spacial score (nSPS) is 15.1. The van der Waals surface area contributed by atoms with Crippen molar-refractivity contribution in [2.45, 2.75) is 19.4 Å². The minimum Gasteiger partial charge on any atom is -0.348 e. The third kappa shape index (κ3) is 2.71. The number of hydrogen-bond donors (Lipinski definition) is 1. The molecule has 3 aromatic rings. The van der Waals surface area contributed by atoms with Crippen LogP contribution in [-0.2, 0) is 0 Å². The highest BCUT2D eigenvalue weighted by molar-refractivity contribution is 7.17. The lowest BCUT2D eigenvalue weighted by molar-refractivity contribution is 0.0648. The van der Waals surface area contributed by atoms with E-state index in [1.165, 1.54) is 11.3 Å². The molecule has 6 nitrogen and oxygen atoms in total. The lowest BCUT2D eigenvalue weighted by atomic mass is 10.1. The second kappa shape index (κ2) is 6.16. The summed E-state index contributed by atoms with van der Waals surface area (Å²) in [4.78, 5) is 27.7. The van der Waals surface area contributed by atoms with Crippen LogP contribution in [0.25, 0.3) is 10.2 Å². The number of carbonyl (C=O) groups excluding carboxylic acids is 1. The van der Waals surface area contributed by atoms with Gasteiger partial charge in [-0.15, -0.1) is 11.3 Å². The van der Waals surface area contributed by atoms with Crippen LogP contribution >= 0.6 is 11.3 Å². The fourth-order valence-electron chi connectivity index (χ4n) is 2.65. The maximum absolute atomic E-state index is 12.7. The van der Waals surface area contributed by atoms with Gasteiger partial charge in [-0.3, -0.25) is 9.78 Å². The number of nitrogens with zero attached hydrogens (tertiary/aromatic N) is 4. The molecule has 1 N–H and O–H groups in total. The molecule has 0 spiro atoms. The zero-order valence-electron chi connectivity index (χ0n) is 13.3. The van der Waals surface area contributed by atoms with Gasteiger partial charge in [0.1, 0.15) is 0 Å². The second-order valence-corrected chi connectivity index (χ2v) is 6.75. The molecule has 1 aliphatic rings. The highest BCUT2D eigenvalue weighted by Gasteiger charge is 2.26. The van der Waals surface area contributed by atoms with Crippen LogP contribution in [0.15, 0.2) is 36.0 Å². The summed E-state index contributed by atoms with van der Waals surface area (Å²) in [5.41, 5.74) is 2.34. The lowest BCUT2D eigenvalue weighted by Crippen LogP contribution is -2.42. The summed E-state index contributed by atoms with van der Waals surface area (Å²) in [7, 11) is 0. The van der Waals surface area contributed by atoms with Crippen LogP contribution in [0.4, 0.5) is 5.95 Å². The van der Waals surface area contributed by atoms with Crippen LogP contribution in [0.1, 0.15) is 35.4 Å². The first-order valence-electron chi connectivity index (χ1n) is 7.93. The van der Waals surface area contributed by atoms with Gasteiger partial charge in [0, 0.05) is 25.5 Å². The summed E-state index contributed by atoms with van der Waals surface area (Å²) in [6.45, 7) is 3.64. The monoisotopic (exact) mass is 339 g/mol. The van der Waals surface area contributed by atoms with Gasteiger partial charge in [-0.1, -0.05) is 6.07 Å². The first kappa shape index (κ1) is 15.0. The molecule has 7 heteroatoms. The van der Waals surface area contributed by atoms with Gasteiger partial charge in [-0.25, -0.2) is 9.97 Å². The summed E-state index contributed by atoms with van der Waals surface area (Å²) in [6.07, 6.45) is 4.62. The van der Waals surface area contributed by atoms with Crippen molar-refractivity contribution in [1.82, 2.24) is 19.9 Å². The van der Waals surface area contributed by atoms with E-state index in [2.05, 4.69) is 20.3 Å². The van der Waals surface area contributed by atoms with E-state index < -0.39 is 0 Å². The summed E-state index contributed by atoms with van der Waals surface area (Å²) in [5, 5.41) is 5.23. The van der Waals surface area contributed by atoms with Gasteiger partial charge in [0.15, 0.2) is 5.69 Å². The number of rotatable bonds is 4. The second-order valence-electron chi connectivity index (χ2n) is 5.83. The zero-order chi connectivity index (χ0) is 16.5. The fourth-order valence-corrected chi connectivity index (χ4v) is 3.46. The molecule has 1 amide bonds. The molecule has 24 heavy (non-hydrogen) atoms. The average Bonchev–Trinajstić information content (AvgIpc) is 3.01. The molecule has 0 aromatic carbocycles. The van der Waals surface area contributed by atoms with Crippen molar-refractivity contribution < 1.29 is 4.79 Å². The van der Waals surface area contributed by atoms with Crippen molar-refractivity contribution in [3.05, 3.63) is 47.2 Å². The number of fused-ring (bicyclic) bond motifs is 1. The van der Waals surface area contributed by atoms with E-state index in [0.717, 1.165) is 35.3 Å². The Balaban J connectivity index is 1.67. The molecule has 3 aromatic heterocycles. The van der Waals surface area contributed by atoms with E-state index in [0.29, 0.717) is 11.6 Å². The molecule has 4 heterocycles. The van der Waals surface area contributed by atoms with Crippen molar-refractivity contribution in [3.8, 4) is 0 Å². The Labute approximate surface area is 143 Å². The van der Waals surface area contributed by atoms with E-state index in [1.54, 1.807) is 6.20 Å². The van der Waals surface area contributed by atoms with Gasteiger partial charge in [0.2, 0.25) is 5.95 Å². The molecular formula is C17H17N5OS. The van der Waals surface area contributed by atoms with Crippen molar-refractivity contribution in [1.29, 1.82) is 0 Å². The molecule has 1 fully saturated rings. The van der Waals surface area contributed by atoms with Crippen LogP contribution in [0.5, 0.6) is 0 Å². The van der Waals surface area contributed by atoms with Crippen molar-refractivity contribution >= 4 is 33.4 Å². The fraction of sp³-hybridized carbons (Fsp3) is 0.294. The minimum atomic E-state index is -0.00631. The SMILES string of the molecule is CC(Nc1nc(C(=O)N2CCC2)c2sccc2n1)c1cccnc1. The van der Waals surface area contributed by atoms with E-state index in [9.17, 15) is 4.79 Å². The molecule has 1 saturated heterocycles. The first-order valence-corrected chi connectivity index (χ1v) is 8.81. The van der Waals surface area contributed by atoms with Crippen molar-refractivity contribution in [3.63, 3.8) is 0 Å². The molecule has 4 rings (SSSR count). The molecule has 1 atom stereocenters. The summed E-state index contributed by atoms with van der Waals surface area (Å²) in [5.74, 6) is 0.467. The number of carbonyl (C=O) groups is 1. The number of amides is 1. The number of likely N-dealkylation sites (tertiary alicyclic amines) is 1. The maximum Gasteiger partial charge on any atom is 0.274 e. The average molecular weight is 339 g/mol. The predicted molar refractivity (Wildman–Crippen MR) is 94.2 cm³/mol. The Bertz CT molecular complexity index is 875. The van der Waals surface area contributed by atoms with E-state index in [4.69, 9.17) is 0 Å². The molecule has 0 aliphatic carbocycles. The Kier molecular flexibility index (Phi) is 3.86. The highest BCUT2D eigenvalue weighted by Crippen LogP contribution is 2.27. The Morgan fingerprint density at radius 1 is 1.33 bits per heavy atom. The van der Waals surface area contributed by atoms with Crippen molar-refractivity contribution in [2.24, 2.45) is 0 Å². The molecular weight excluding hydrogens is 322 g/mol. The maximum atomic E-state index is 12.7. The van der Waals surface area contributed by atoms with Crippen LogP contribution in [0, 0.1) is 0 Å². The van der Waals surface area contributed by atoms with Gasteiger partial charge in [-0.2, -0.15) is 0 Å². The third-order valence-electron chi connectivity index (χ3n) is 4.18. The number of aromatic nitrogens is 3. The Hall–Kier alpha value is -2.54. The number of thiophene rings is 1. The minimum absolute atomic E-state index is 0.00162. The largest absolute Gasteiger partial charge is 0.348 e. The topological polar surface area (TPSA) is 71.0 Å². The van der Waals surface area contributed by atoms with Crippen LogP contribution in [0.3, 0.4) is 0 Å². The molecule has 0 saturated carbocycles. The Morgan fingerprint density at radius 3 is 2.92 bits per heavy atom. The number of pyridine rings is 1. The standard InChI is InChI=1S/C17H17N5OS/c1-11(12-4-2-6-18-10-12)19-17-20-13-5-9-24-15(13)14(21-17)16(23)22-7-3-8-22/h2,4-6,9-11H,3,7-8H2,1H3,(H,19,20,21). The van der Waals surface area contributed by atoms with Crippen LogP contribution < -0.4 is 5.32 Å². The van der Waals surface area contributed by atoms with Gasteiger partial charge < -0.3 is 10.2 Å². The number of nitrogens with one attached hydrogen (secondary N) is 1. The summed E-state index contributed by atoms with van der Waals surface area (Å²) < 4.78 is 0.853. The van der Waals surface area contributed by atoms with Crippen molar-refractivity contribution in [2.75, 3.05) is 18.4 Å². The smallest absolute Gasteiger partial charge is 0.274 e. The summed E-state index contributed by atoms with van der Waals surface area (Å²) in [6, 6.07) is 5.82. The van der Waals surface area contributed by atoms with Gasteiger partial charge in [-0.05, 0) is 36.4 Å². The lowest BCUT2D eigenvalue weighted by Gasteiger charge is -2.30. The van der Waals surface area contributed by atoms with Crippen LogP contribution in [0.2, 0.25) is 0 Å². The van der Waals surface area contributed by atoms with E-state index in [-0.39, 0.29) is 11.9 Å². The van der Waals surface area contributed by atoms with E-state index >= 15 is 0 Å². The molecule has 1 unspecified atom stereocenters. The summed E-state index contributed by atoms with van der Waals surface area (Å²) >= 11 is 1.51. The predicted octanol–water partition coefficient (Wildman–Crippen LogP) is 3.11. The molecule has 1 aliphatic heterocycles. The van der Waals surface area contributed by atoms with E-state index in [1.807, 2.05) is 41.6 Å². The quantitative estimate of drug-likeness (QED) is 0.791. The van der Waals surface area contributed by atoms with Gasteiger partial charge in [0.25, 0.3) is 5.91 Å². The van der Waals surface area contributed by atoms with Gasteiger partial charge >= 0.3 is 0 Å². The number of hydrogen-bond acceptors (Lipinski definition) is 6. The molecule has 122 valence electrons. The molecule has 0 bridgehead atoms. The Morgan fingerprint density at radius 2 is 2.21 bits per heavy atom. The molecule has 0 radical (unpaired) electrons. The van der Waals surface area contributed by atoms with Gasteiger partial charge in [0.05, 0.1) is 16.3 Å². The first-order chi connectivity index (χ1) is 11.7.